The van der Waals surface area contributed by atoms with Crippen molar-refractivity contribution in [2.75, 3.05) is 0 Å². The Balaban J connectivity index is 2.81. The average molecular weight is 166 g/mol. The maximum Gasteiger partial charge on any atom is -0.0257 e. The lowest BCUT2D eigenvalue weighted by atomic mass is 9.93. The number of hydrogen-bond donors (Lipinski definition) is 0. The zero-order valence-corrected chi connectivity index (χ0v) is 9.15. The zero-order chi connectivity index (χ0) is 9.30. The third kappa shape index (κ3) is 1.91. The highest BCUT2D eigenvalue weighted by Gasteiger charge is 2.23. The molecule has 0 fully saturated rings. The van der Waals surface area contributed by atoms with Crippen molar-refractivity contribution in [3.63, 3.8) is 0 Å². The Morgan fingerprint density at radius 3 is 1.50 bits per heavy atom. The Morgan fingerprint density at radius 1 is 0.917 bits per heavy atom. The van der Waals surface area contributed by atoms with Gasteiger partial charge in [-0.25, -0.2) is 0 Å². The summed E-state index contributed by atoms with van der Waals surface area (Å²) < 4.78 is 0. The van der Waals surface area contributed by atoms with Crippen LogP contribution in [0, 0.1) is 17.8 Å². The van der Waals surface area contributed by atoms with Crippen molar-refractivity contribution in [3.05, 3.63) is 11.1 Å². The normalized spacial score (nSPS) is 20.2. The van der Waals surface area contributed by atoms with Crippen LogP contribution in [0.15, 0.2) is 11.1 Å². The first-order valence-electron chi connectivity index (χ1n) is 5.24. The molecule has 0 N–H and O–H groups in total. The maximum absolute atomic E-state index is 2.37. The van der Waals surface area contributed by atoms with Crippen LogP contribution in [0.2, 0.25) is 0 Å². The molecule has 0 aromatic heterocycles. The summed E-state index contributed by atoms with van der Waals surface area (Å²) in [6.07, 6.45) is 2.70. The monoisotopic (exact) mass is 166 g/mol. The molecule has 1 aliphatic rings. The molecule has 0 aromatic rings. The van der Waals surface area contributed by atoms with Gasteiger partial charge in [-0.2, -0.15) is 0 Å². The standard InChI is InChI=1S/C12H22/c1-8(2)11-6-10(5)7-12(11)9(3)4/h8-10H,6-7H2,1-5H3. The van der Waals surface area contributed by atoms with Crippen LogP contribution in [0.5, 0.6) is 0 Å². The Kier molecular flexibility index (Phi) is 2.98. The van der Waals surface area contributed by atoms with Crippen molar-refractivity contribution in [2.24, 2.45) is 17.8 Å². The first-order valence-corrected chi connectivity index (χ1v) is 5.24. The van der Waals surface area contributed by atoms with Crippen molar-refractivity contribution in [1.82, 2.24) is 0 Å². The van der Waals surface area contributed by atoms with E-state index >= 15 is 0 Å². The van der Waals surface area contributed by atoms with Gasteiger partial charge in [-0.15, -0.1) is 0 Å². The minimum absolute atomic E-state index is 0.771. The second-order valence-corrected chi connectivity index (χ2v) is 4.87. The summed E-state index contributed by atoms with van der Waals surface area (Å²) in [5, 5.41) is 0. The molecule has 0 heterocycles. The molecule has 0 heteroatoms. The van der Waals surface area contributed by atoms with E-state index in [1.807, 2.05) is 0 Å². The van der Waals surface area contributed by atoms with E-state index in [0.717, 1.165) is 17.8 Å². The Hall–Kier alpha value is -0.260. The van der Waals surface area contributed by atoms with Gasteiger partial charge in [-0.05, 0) is 30.6 Å². The first-order chi connectivity index (χ1) is 5.52. The molecule has 1 rings (SSSR count). The van der Waals surface area contributed by atoms with Crippen LogP contribution in [0.25, 0.3) is 0 Å². The second-order valence-electron chi connectivity index (χ2n) is 4.87. The van der Waals surface area contributed by atoms with E-state index in [2.05, 4.69) is 34.6 Å². The average Bonchev–Trinajstić information content (AvgIpc) is 2.31. The zero-order valence-electron chi connectivity index (χ0n) is 9.15. The van der Waals surface area contributed by atoms with Crippen molar-refractivity contribution < 1.29 is 0 Å². The minimum Gasteiger partial charge on any atom is -0.0679 e. The predicted octanol–water partition coefficient (Wildman–Crippen LogP) is 4.02. The molecule has 0 amide bonds. The largest absolute Gasteiger partial charge is 0.0679 e. The number of rotatable bonds is 2. The molecule has 0 aromatic carbocycles. The van der Waals surface area contributed by atoms with Crippen molar-refractivity contribution in [3.8, 4) is 0 Å². The molecule has 12 heavy (non-hydrogen) atoms. The van der Waals surface area contributed by atoms with Crippen LogP contribution in [-0.4, -0.2) is 0 Å². The summed E-state index contributed by atoms with van der Waals surface area (Å²) in [7, 11) is 0. The van der Waals surface area contributed by atoms with Gasteiger partial charge in [0.15, 0.2) is 0 Å². The van der Waals surface area contributed by atoms with E-state index in [9.17, 15) is 0 Å². The summed E-state index contributed by atoms with van der Waals surface area (Å²) in [4.78, 5) is 0. The van der Waals surface area contributed by atoms with Crippen molar-refractivity contribution in [1.29, 1.82) is 0 Å². The molecule has 0 bridgehead atoms. The summed E-state index contributed by atoms with van der Waals surface area (Å²) >= 11 is 0. The van der Waals surface area contributed by atoms with Gasteiger partial charge in [-0.1, -0.05) is 45.8 Å². The quantitative estimate of drug-likeness (QED) is 0.543. The van der Waals surface area contributed by atoms with Crippen LogP contribution >= 0.6 is 0 Å². The Labute approximate surface area is 77.1 Å². The summed E-state index contributed by atoms with van der Waals surface area (Å²) in [6.45, 7) is 11.7. The fourth-order valence-corrected chi connectivity index (χ4v) is 2.30. The van der Waals surface area contributed by atoms with Crippen LogP contribution < -0.4 is 0 Å². The molecular weight excluding hydrogens is 144 g/mol. The summed E-state index contributed by atoms with van der Waals surface area (Å²) in [6, 6.07) is 0. The van der Waals surface area contributed by atoms with Crippen molar-refractivity contribution >= 4 is 0 Å². The molecule has 1 aliphatic carbocycles. The molecular formula is C12H22. The van der Waals surface area contributed by atoms with Gasteiger partial charge in [0.05, 0.1) is 0 Å². The number of allylic oxidation sites excluding steroid dienone is 2. The Bertz CT molecular complexity index is 164. The molecule has 0 aliphatic heterocycles. The van der Waals surface area contributed by atoms with E-state index in [1.165, 1.54) is 12.8 Å². The fraction of sp³-hybridized carbons (Fsp3) is 0.833. The topological polar surface area (TPSA) is 0 Å². The highest BCUT2D eigenvalue weighted by molar-refractivity contribution is 5.24. The predicted molar refractivity (Wildman–Crippen MR) is 55.1 cm³/mol. The van der Waals surface area contributed by atoms with Gasteiger partial charge < -0.3 is 0 Å². The molecule has 0 saturated heterocycles. The Morgan fingerprint density at radius 2 is 1.25 bits per heavy atom. The molecule has 0 spiro atoms. The van der Waals surface area contributed by atoms with E-state index in [0.29, 0.717) is 0 Å². The van der Waals surface area contributed by atoms with Gasteiger partial charge in [-0.3, -0.25) is 0 Å². The fourth-order valence-electron chi connectivity index (χ4n) is 2.30. The van der Waals surface area contributed by atoms with Gasteiger partial charge >= 0.3 is 0 Å². The summed E-state index contributed by atoms with van der Waals surface area (Å²) in [5.41, 5.74) is 3.50. The van der Waals surface area contributed by atoms with E-state index in [4.69, 9.17) is 0 Å². The highest BCUT2D eigenvalue weighted by atomic mass is 14.3. The highest BCUT2D eigenvalue weighted by Crippen LogP contribution is 2.38. The molecule has 0 radical (unpaired) electrons. The first kappa shape index (κ1) is 9.83. The van der Waals surface area contributed by atoms with Crippen molar-refractivity contribution in [2.45, 2.75) is 47.5 Å². The van der Waals surface area contributed by atoms with E-state index in [1.54, 1.807) is 11.1 Å². The van der Waals surface area contributed by atoms with Gasteiger partial charge in [0.2, 0.25) is 0 Å². The van der Waals surface area contributed by atoms with Gasteiger partial charge in [0.1, 0.15) is 0 Å². The van der Waals surface area contributed by atoms with Crippen LogP contribution in [-0.2, 0) is 0 Å². The lowest BCUT2D eigenvalue weighted by molar-refractivity contribution is 0.584. The molecule has 0 unspecified atom stereocenters. The smallest absolute Gasteiger partial charge is 0.0257 e. The van der Waals surface area contributed by atoms with Crippen LogP contribution in [0.3, 0.4) is 0 Å². The molecule has 0 atom stereocenters. The maximum atomic E-state index is 2.37. The van der Waals surface area contributed by atoms with Crippen LogP contribution in [0.4, 0.5) is 0 Å². The third-order valence-corrected chi connectivity index (χ3v) is 2.94. The SMILES string of the molecule is CC1CC(C(C)C)=C(C(C)C)C1. The van der Waals surface area contributed by atoms with Gasteiger partial charge in [0, 0.05) is 0 Å². The van der Waals surface area contributed by atoms with E-state index in [-0.39, 0.29) is 0 Å². The van der Waals surface area contributed by atoms with Crippen LogP contribution in [0.1, 0.15) is 47.5 Å². The number of hydrogen-bond acceptors (Lipinski definition) is 0. The molecule has 0 saturated carbocycles. The minimum atomic E-state index is 0.771. The van der Waals surface area contributed by atoms with Gasteiger partial charge in [0.25, 0.3) is 0 Å². The lowest BCUT2D eigenvalue weighted by Gasteiger charge is -2.13. The lowest BCUT2D eigenvalue weighted by Crippen LogP contribution is -1.98. The third-order valence-electron chi connectivity index (χ3n) is 2.94. The molecule has 0 nitrogen and oxygen atoms in total. The second kappa shape index (κ2) is 3.64. The molecule has 70 valence electrons. The van der Waals surface area contributed by atoms with E-state index < -0.39 is 0 Å². The summed E-state index contributed by atoms with van der Waals surface area (Å²) in [5.74, 6) is 2.44.